The molecule has 0 amide bonds. The second-order valence-electron chi connectivity index (χ2n) is 8.51. The average molecular weight is 426 g/mol. The van der Waals surface area contributed by atoms with E-state index in [0.29, 0.717) is 16.7 Å². The van der Waals surface area contributed by atoms with Crippen molar-refractivity contribution >= 4 is 22.9 Å². The van der Waals surface area contributed by atoms with Crippen LogP contribution in [0.1, 0.15) is 53.2 Å². The van der Waals surface area contributed by atoms with Crippen LogP contribution in [0, 0.1) is 0 Å². The number of allylic oxidation sites excluding steroid dienone is 2. The third kappa shape index (κ3) is 4.87. The summed E-state index contributed by atoms with van der Waals surface area (Å²) in [6.45, 7) is 10.5. The maximum absolute atomic E-state index is 12.5. The Hall–Kier alpha value is -3.35. The highest BCUT2D eigenvalue weighted by atomic mass is 16.6. The van der Waals surface area contributed by atoms with Crippen LogP contribution < -0.4 is 10.4 Å². The van der Waals surface area contributed by atoms with Gasteiger partial charge in [0, 0.05) is 23.6 Å². The van der Waals surface area contributed by atoms with Crippen LogP contribution in [0.2, 0.25) is 0 Å². The minimum atomic E-state index is -1.17. The Bertz CT molecular complexity index is 1140. The molecule has 2 aromatic rings. The molecule has 1 aliphatic rings. The molecule has 2 heterocycles. The lowest BCUT2D eigenvalue weighted by molar-refractivity contribution is -0.171. The fourth-order valence-corrected chi connectivity index (χ4v) is 3.46. The maximum atomic E-state index is 12.5. The van der Waals surface area contributed by atoms with Gasteiger partial charge < -0.3 is 18.6 Å². The van der Waals surface area contributed by atoms with E-state index in [1.807, 2.05) is 0 Å². The predicted octanol–water partition coefficient (Wildman–Crippen LogP) is 4.39. The van der Waals surface area contributed by atoms with Gasteiger partial charge in [0.2, 0.25) is 0 Å². The van der Waals surface area contributed by atoms with Crippen LogP contribution in [0.5, 0.6) is 5.75 Å². The van der Waals surface area contributed by atoms with Crippen molar-refractivity contribution in [1.29, 1.82) is 0 Å². The normalized spacial score (nSPS) is 17.4. The molecular weight excluding hydrogens is 400 g/mol. The fourth-order valence-electron chi connectivity index (χ4n) is 3.46. The predicted molar refractivity (Wildman–Crippen MR) is 115 cm³/mol. The Morgan fingerprint density at radius 1 is 0.968 bits per heavy atom. The summed E-state index contributed by atoms with van der Waals surface area (Å²) in [4.78, 5) is 36.7. The third-order valence-corrected chi connectivity index (χ3v) is 4.71. The van der Waals surface area contributed by atoms with Crippen LogP contribution in [0.4, 0.5) is 0 Å². The van der Waals surface area contributed by atoms with E-state index >= 15 is 0 Å². The van der Waals surface area contributed by atoms with Gasteiger partial charge in [-0.3, -0.25) is 0 Å². The molecule has 0 aliphatic carbocycles. The van der Waals surface area contributed by atoms with Crippen molar-refractivity contribution < 1.29 is 28.2 Å². The minimum Gasteiger partial charge on any atom is -0.481 e. The molecule has 0 saturated heterocycles. The van der Waals surface area contributed by atoms with E-state index < -0.39 is 35.4 Å². The van der Waals surface area contributed by atoms with Gasteiger partial charge in [0.25, 0.3) is 0 Å². The van der Waals surface area contributed by atoms with Crippen molar-refractivity contribution in [3.63, 3.8) is 0 Å². The Morgan fingerprint density at radius 3 is 2.23 bits per heavy atom. The lowest BCUT2D eigenvalue weighted by Crippen LogP contribution is -2.46. The molecule has 3 rings (SSSR count). The highest BCUT2D eigenvalue weighted by molar-refractivity contribution is 5.86. The first-order valence-corrected chi connectivity index (χ1v) is 9.95. The van der Waals surface area contributed by atoms with Gasteiger partial charge in [-0.25, -0.2) is 14.4 Å². The van der Waals surface area contributed by atoms with E-state index in [1.54, 1.807) is 59.7 Å². The molecule has 2 atom stereocenters. The molecule has 0 saturated carbocycles. The summed E-state index contributed by atoms with van der Waals surface area (Å²) in [5.74, 6) is -0.711. The van der Waals surface area contributed by atoms with Crippen LogP contribution in [0.15, 0.2) is 56.8 Å². The molecule has 1 aromatic carbocycles. The van der Waals surface area contributed by atoms with Crippen LogP contribution in [-0.2, 0) is 19.1 Å². The number of fused-ring (bicyclic) bond motifs is 3. The van der Waals surface area contributed by atoms with Crippen molar-refractivity contribution in [1.82, 2.24) is 0 Å². The number of hydrogen-bond donors (Lipinski definition) is 0. The largest absolute Gasteiger partial charge is 0.481 e. The number of rotatable bonds is 5. The molecule has 1 aromatic heterocycles. The maximum Gasteiger partial charge on any atom is 0.336 e. The van der Waals surface area contributed by atoms with Crippen LogP contribution >= 0.6 is 0 Å². The van der Waals surface area contributed by atoms with Gasteiger partial charge in [-0.15, -0.1) is 0 Å². The van der Waals surface area contributed by atoms with Crippen molar-refractivity contribution in [2.45, 2.75) is 59.4 Å². The monoisotopic (exact) mass is 426 g/mol. The molecule has 31 heavy (non-hydrogen) atoms. The van der Waals surface area contributed by atoms with Gasteiger partial charge in [-0.2, -0.15) is 0 Å². The van der Waals surface area contributed by atoms with E-state index in [4.69, 9.17) is 18.6 Å². The second-order valence-corrected chi connectivity index (χ2v) is 8.51. The molecule has 0 spiro atoms. The van der Waals surface area contributed by atoms with E-state index in [-0.39, 0.29) is 5.58 Å². The summed E-state index contributed by atoms with van der Waals surface area (Å²) in [5, 5.41) is 0.658. The summed E-state index contributed by atoms with van der Waals surface area (Å²) in [6, 6.07) is 6.41. The number of carbonyl (C=O) groups excluding carboxylic acids is 2. The van der Waals surface area contributed by atoms with Crippen LogP contribution in [-0.4, -0.2) is 23.6 Å². The topological polar surface area (TPSA) is 92.0 Å². The Morgan fingerprint density at radius 2 is 1.58 bits per heavy atom. The number of esters is 2. The summed E-state index contributed by atoms with van der Waals surface area (Å²) in [6.07, 6.45) is 0.922. The summed E-state index contributed by atoms with van der Waals surface area (Å²) in [7, 11) is 0. The van der Waals surface area contributed by atoms with Gasteiger partial charge in [0.1, 0.15) is 16.9 Å². The number of carbonyl (C=O) groups is 2. The molecule has 7 heteroatoms. The lowest BCUT2D eigenvalue weighted by Gasteiger charge is -2.33. The molecule has 164 valence electrons. The van der Waals surface area contributed by atoms with Crippen molar-refractivity contribution in [3.8, 4) is 5.75 Å². The van der Waals surface area contributed by atoms with E-state index in [1.165, 1.54) is 18.2 Å². The number of benzene rings is 1. The molecule has 1 aliphatic heterocycles. The molecule has 0 fully saturated rings. The van der Waals surface area contributed by atoms with Gasteiger partial charge in [-0.1, -0.05) is 11.1 Å². The summed E-state index contributed by atoms with van der Waals surface area (Å²) in [5.41, 5.74) is 0.554. The zero-order valence-electron chi connectivity index (χ0n) is 18.5. The first-order valence-electron chi connectivity index (χ1n) is 9.95. The van der Waals surface area contributed by atoms with Gasteiger partial charge in [0.05, 0.1) is 5.56 Å². The Labute approximate surface area is 180 Å². The van der Waals surface area contributed by atoms with Gasteiger partial charge >= 0.3 is 17.6 Å². The number of hydrogen-bond acceptors (Lipinski definition) is 7. The van der Waals surface area contributed by atoms with E-state index in [0.717, 1.165) is 11.1 Å². The molecular formula is C24H26O7. The second kappa shape index (κ2) is 8.41. The molecule has 0 N–H and O–H groups in total. The summed E-state index contributed by atoms with van der Waals surface area (Å²) >= 11 is 0. The smallest absolute Gasteiger partial charge is 0.336 e. The Kier molecular flexibility index (Phi) is 6.06. The van der Waals surface area contributed by atoms with E-state index in [2.05, 4.69) is 0 Å². The highest BCUT2D eigenvalue weighted by Gasteiger charge is 2.50. The van der Waals surface area contributed by atoms with Gasteiger partial charge in [-0.05, 0) is 59.7 Å². The van der Waals surface area contributed by atoms with Crippen molar-refractivity contribution in [3.05, 3.63) is 63.5 Å². The third-order valence-electron chi connectivity index (χ3n) is 4.71. The van der Waals surface area contributed by atoms with Crippen molar-refractivity contribution in [2.75, 3.05) is 0 Å². The molecule has 0 radical (unpaired) electrons. The Balaban J connectivity index is 2.09. The number of ether oxygens (including phenoxy) is 3. The van der Waals surface area contributed by atoms with Crippen LogP contribution in [0.3, 0.4) is 0 Å². The quantitative estimate of drug-likeness (QED) is 0.398. The highest BCUT2D eigenvalue weighted by Crippen LogP contribution is 2.47. The van der Waals surface area contributed by atoms with Crippen LogP contribution in [0.25, 0.3) is 11.0 Å². The minimum absolute atomic E-state index is 0.272. The molecule has 0 bridgehead atoms. The first kappa shape index (κ1) is 22.3. The van der Waals surface area contributed by atoms with Gasteiger partial charge in [0.15, 0.2) is 12.2 Å². The zero-order valence-corrected chi connectivity index (χ0v) is 18.5. The summed E-state index contributed by atoms with van der Waals surface area (Å²) < 4.78 is 22.9. The SMILES string of the molecule is CC(C)=CC(=O)OC1c2c(ccc3ccc(=O)oc23)O[C@@H]1C(C)(C)OC(=O)C=C(C)C. The zero-order chi connectivity index (χ0) is 22.9. The standard InChI is InChI=1S/C24H26O7/c1-13(2)11-18(26)30-22-20-16(9-7-15-8-10-17(25)29-21(15)20)28-23(22)24(5,6)31-19(27)12-14(3)4/h7-12,22-23H,1-6H3/t22?,23-/m0/s1. The van der Waals surface area contributed by atoms with E-state index in [9.17, 15) is 14.4 Å². The fraction of sp³-hybridized carbons (Fsp3) is 0.375. The lowest BCUT2D eigenvalue weighted by atomic mass is 9.93. The first-order chi connectivity index (χ1) is 14.5. The van der Waals surface area contributed by atoms with Crippen molar-refractivity contribution in [2.24, 2.45) is 0 Å². The average Bonchev–Trinajstić information content (AvgIpc) is 2.99. The molecule has 1 unspecified atom stereocenters. The molecule has 7 nitrogen and oxygen atoms in total.